The zero-order valence-corrected chi connectivity index (χ0v) is 10.9. The Morgan fingerprint density at radius 3 is 2.75 bits per heavy atom. The van der Waals surface area contributed by atoms with Gasteiger partial charge in [-0.05, 0) is 29.8 Å². The fraction of sp³-hybridized carbons (Fsp3) is 0.133. The molecule has 0 radical (unpaired) electrons. The normalized spacial score (nSPS) is 9.85. The van der Waals surface area contributed by atoms with Gasteiger partial charge in [-0.15, -0.1) is 0 Å². The molecule has 20 heavy (non-hydrogen) atoms. The second kappa shape index (κ2) is 5.93. The minimum Gasteiger partial charge on any atom is -0.497 e. The molecule has 0 bridgehead atoms. The highest BCUT2D eigenvalue weighted by Crippen LogP contribution is 2.27. The number of anilines is 1. The van der Waals surface area contributed by atoms with Crippen LogP contribution in [0.1, 0.15) is 11.1 Å². The molecule has 0 saturated heterocycles. The molecule has 0 heterocycles. The highest BCUT2D eigenvalue weighted by atomic mass is 19.1. The lowest BCUT2D eigenvalue weighted by Gasteiger charge is -2.10. The molecule has 0 amide bonds. The van der Waals surface area contributed by atoms with Crippen LogP contribution in [0.4, 0.5) is 10.1 Å². The summed E-state index contributed by atoms with van der Waals surface area (Å²) in [6.07, 6.45) is 0. The predicted octanol–water partition coefficient (Wildman–Crippen LogP) is 2.87. The van der Waals surface area contributed by atoms with Crippen molar-refractivity contribution in [2.75, 3.05) is 12.8 Å². The first-order valence-corrected chi connectivity index (χ1v) is 5.89. The van der Waals surface area contributed by atoms with E-state index in [-0.39, 0.29) is 12.2 Å². The van der Waals surface area contributed by atoms with E-state index in [1.807, 2.05) is 0 Å². The zero-order chi connectivity index (χ0) is 14.5. The quantitative estimate of drug-likeness (QED) is 0.869. The first kappa shape index (κ1) is 13.7. The number of hydrogen-bond donors (Lipinski definition) is 1. The molecule has 2 rings (SSSR count). The number of benzene rings is 2. The van der Waals surface area contributed by atoms with Crippen LogP contribution in [0.3, 0.4) is 0 Å². The molecule has 0 aliphatic heterocycles. The van der Waals surface area contributed by atoms with Crippen LogP contribution in [0.15, 0.2) is 36.4 Å². The van der Waals surface area contributed by atoms with E-state index >= 15 is 0 Å². The fourth-order valence-electron chi connectivity index (χ4n) is 1.68. The van der Waals surface area contributed by atoms with E-state index in [0.717, 1.165) is 0 Å². The summed E-state index contributed by atoms with van der Waals surface area (Å²) in [5.41, 5.74) is 6.95. The maximum atomic E-state index is 13.2. The molecule has 0 saturated carbocycles. The molecule has 4 nitrogen and oxygen atoms in total. The standard InChI is InChI=1S/C15H13FN2O2/c1-19-12-3-5-14(18)15(7-12)20-9-10-2-4-13(16)11(6-10)8-17/h2-7H,9,18H2,1H3. The SMILES string of the molecule is COc1ccc(N)c(OCc2ccc(F)c(C#N)c2)c1. The number of halogens is 1. The largest absolute Gasteiger partial charge is 0.497 e. The number of methoxy groups -OCH3 is 1. The average Bonchev–Trinajstić information content (AvgIpc) is 2.47. The van der Waals surface area contributed by atoms with Gasteiger partial charge in [0, 0.05) is 6.07 Å². The van der Waals surface area contributed by atoms with Crippen LogP contribution >= 0.6 is 0 Å². The van der Waals surface area contributed by atoms with Gasteiger partial charge in [0.05, 0.1) is 18.4 Å². The van der Waals surface area contributed by atoms with Crippen LogP contribution < -0.4 is 15.2 Å². The van der Waals surface area contributed by atoms with Crippen molar-refractivity contribution in [2.45, 2.75) is 6.61 Å². The third-order valence-electron chi connectivity index (χ3n) is 2.77. The van der Waals surface area contributed by atoms with Crippen molar-refractivity contribution < 1.29 is 13.9 Å². The Labute approximate surface area is 116 Å². The Morgan fingerprint density at radius 2 is 2.05 bits per heavy atom. The summed E-state index contributed by atoms with van der Waals surface area (Å²) < 4.78 is 23.8. The smallest absolute Gasteiger partial charge is 0.146 e. The van der Waals surface area contributed by atoms with Crippen molar-refractivity contribution in [3.63, 3.8) is 0 Å². The molecule has 2 aromatic carbocycles. The first-order chi connectivity index (χ1) is 9.63. The minimum atomic E-state index is -0.544. The summed E-state index contributed by atoms with van der Waals surface area (Å²) in [4.78, 5) is 0. The molecular formula is C15H13FN2O2. The van der Waals surface area contributed by atoms with Gasteiger partial charge in [0.2, 0.25) is 0 Å². The van der Waals surface area contributed by atoms with Gasteiger partial charge < -0.3 is 15.2 Å². The minimum absolute atomic E-state index is 0.00952. The molecule has 0 aromatic heterocycles. The Bertz CT molecular complexity index is 665. The molecule has 0 aliphatic carbocycles. The third kappa shape index (κ3) is 2.98. The molecule has 0 fully saturated rings. The van der Waals surface area contributed by atoms with E-state index in [1.165, 1.54) is 12.1 Å². The predicted molar refractivity (Wildman–Crippen MR) is 72.9 cm³/mol. The van der Waals surface area contributed by atoms with Crippen molar-refractivity contribution in [1.82, 2.24) is 0 Å². The van der Waals surface area contributed by atoms with E-state index in [0.29, 0.717) is 22.7 Å². The number of ether oxygens (including phenoxy) is 2. The third-order valence-corrected chi connectivity index (χ3v) is 2.77. The van der Waals surface area contributed by atoms with Gasteiger partial charge in [-0.1, -0.05) is 6.07 Å². The number of hydrogen-bond acceptors (Lipinski definition) is 4. The van der Waals surface area contributed by atoms with Gasteiger partial charge in [0.1, 0.15) is 30.0 Å². The van der Waals surface area contributed by atoms with Crippen molar-refractivity contribution >= 4 is 5.69 Å². The molecule has 0 unspecified atom stereocenters. The lowest BCUT2D eigenvalue weighted by atomic mass is 10.1. The van der Waals surface area contributed by atoms with Gasteiger partial charge in [-0.2, -0.15) is 5.26 Å². The molecule has 0 atom stereocenters. The zero-order valence-electron chi connectivity index (χ0n) is 10.9. The monoisotopic (exact) mass is 272 g/mol. The van der Waals surface area contributed by atoms with Crippen molar-refractivity contribution in [1.29, 1.82) is 5.26 Å². The van der Waals surface area contributed by atoms with Crippen LogP contribution in [0.25, 0.3) is 0 Å². The summed E-state index contributed by atoms with van der Waals surface area (Å²) >= 11 is 0. The summed E-state index contributed by atoms with van der Waals surface area (Å²) in [6, 6.07) is 11.1. The summed E-state index contributed by atoms with van der Waals surface area (Å²) in [7, 11) is 1.55. The number of nitrogens with two attached hydrogens (primary N) is 1. The Kier molecular flexibility index (Phi) is 4.06. The van der Waals surface area contributed by atoms with E-state index in [1.54, 1.807) is 37.4 Å². The summed E-state index contributed by atoms with van der Waals surface area (Å²) in [6.45, 7) is 0.187. The van der Waals surface area contributed by atoms with E-state index in [2.05, 4.69) is 0 Å². The molecule has 2 N–H and O–H groups in total. The van der Waals surface area contributed by atoms with Crippen molar-refractivity contribution in [3.05, 3.63) is 53.3 Å². The van der Waals surface area contributed by atoms with Crippen LogP contribution in [0.5, 0.6) is 11.5 Å². The highest BCUT2D eigenvalue weighted by molar-refractivity contribution is 5.55. The van der Waals surface area contributed by atoms with E-state index in [9.17, 15) is 4.39 Å². The second-order valence-corrected chi connectivity index (χ2v) is 4.12. The van der Waals surface area contributed by atoms with Gasteiger partial charge in [-0.3, -0.25) is 0 Å². The maximum absolute atomic E-state index is 13.2. The van der Waals surface area contributed by atoms with Gasteiger partial charge >= 0.3 is 0 Å². The van der Waals surface area contributed by atoms with E-state index in [4.69, 9.17) is 20.5 Å². The second-order valence-electron chi connectivity index (χ2n) is 4.12. The fourth-order valence-corrected chi connectivity index (χ4v) is 1.68. The molecular weight excluding hydrogens is 259 g/mol. The van der Waals surface area contributed by atoms with Gasteiger partial charge in [-0.25, -0.2) is 4.39 Å². The van der Waals surface area contributed by atoms with Crippen LogP contribution in [0.2, 0.25) is 0 Å². The van der Waals surface area contributed by atoms with Gasteiger partial charge in [0.25, 0.3) is 0 Å². The van der Waals surface area contributed by atoms with Crippen LogP contribution in [-0.2, 0) is 6.61 Å². The average molecular weight is 272 g/mol. The van der Waals surface area contributed by atoms with Crippen LogP contribution in [-0.4, -0.2) is 7.11 Å². The Morgan fingerprint density at radius 1 is 1.25 bits per heavy atom. The molecule has 0 spiro atoms. The van der Waals surface area contributed by atoms with Crippen LogP contribution in [0, 0.1) is 17.1 Å². The topological polar surface area (TPSA) is 68.3 Å². The first-order valence-electron chi connectivity index (χ1n) is 5.89. The summed E-state index contributed by atoms with van der Waals surface area (Å²) in [5.74, 6) is 0.565. The molecule has 0 aliphatic rings. The Hall–Kier alpha value is -2.74. The van der Waals surface area contributed by atoms with Crippen molar-refractivity contribution in [3.8, 4) is 17.6 Å². The molecule has 102 valence electrons. The lowest BCUT2D eigenvalue weighted by Crippen LogP contribution is -2.00. The number of nitriles is 1. The maximum Gasteiger partial charge on any atom is 0.146 e. The number of rotatable bonds is 4. The number of nitrogens with zero attached hydrogens (tertiary/aromatic N) is 1. The summed E-state index contributed by atoms with van der Waals surface area (Å²) in [5, 5.41) is 8.77. The van der Waals surface area contributed by atoms with Crippen molar-refractivity contribution in [2.24, 2.45) is 0 Å². The molecule has 5 heteroatoms. The lowest BCUT2D eigenvalue weighted by molar-refractivity contribution is 0.305. The Balaban J connectivity index is 2.15. The van der Waals surface area contributed by atoms with E-state index < -0.39 is 5.82 Å². The molecule has 2 aromatic rings. The highest BCUT2D eigenvalue weighted by Gasteiger charge is 2.06. The van der Waals surface area contributed by atoms with Gasteiger partial charge in [0.15, 0.2) is 0 Å². The number of nitrogen functional groups attached to an aromatic ring is 1.